The molecule has 0 aliphatic rings. The monoisotopic (exact) mass is 260 g/mol. The van der Waals surface area contributed by atoms with Gasteiger partial charge in [-0.3, -0.25) is 4.79 Å². The Morgan fingerprint density at radius 2 is 2.21 bits per heavy atom. The average Bonchev–Trinajstić information content (AvgIpc) is 2.79. The van der Waals surface area contributed by atoms with Crippen molar-refractivity contribution in [3.05, 3.63) is 47.3 Å². The number of benzene rings is 1. The van der Waals surface area contributed by atoms with E-state index in [-0.39, 0.29) is 6.42 Å². The molecule has 100 valence electrons. The first-order valence-corrected chi connectivity index (χ1v) is 5.98. The first kappa shape index (κ1) is 13.2. The van der Waals surface area contributed by atoms with Crippen molar-refractivity contribution in [2.24, 2.45) is 5.73 Å². The van der Waals surface area contributed by atoms with E-state index in [2.05, 4.69) is 10.3 Å². The summed E-state index contributed by atoms with van der Waals surface area (Å²) < 4.78 is 1.69. The van der Waals surface area contributed by atoms with Crippen LogP contribution in [0.3, 0.4) is 0 Å². The number of nitrogens with zero attached hydrogens (tertiary/aromatic N) is 3. The van der Waals surface area contributed by atoms with Crippen LogP contribution in [-0.4, -0.2) is 32.1 Å². The summed E-state index contributed by atoms with van der Waals surface area (Å²) in [7, 11) is 0. The number of carboxylic acid groups (broad SMARTS) is 1. The molecule has 6 nitrogen and oxygen atoms in total. The number of nitrogens with two attached hydrogens (primary N) is 1. The third-order valence-electron chi connectivity index (χ3n) is 2.93. The van der Waals surface area contributed by atoms with Gasteiger partial charge in [-0.2, -0.15) is 0 Å². The Hall–Kier alpha value is -2.21. The van der Waals surface area contributed by atoms with Crippen molar-refractivity contribution >= 4 is 5.97 Å². The fourth-order valence-corrected chi connectivity index (χ4v) is 1.78. The van der Waals surface area contributed by atoms with Crippen LogP contribution in [0.15, 0.2) is 30.5 Å². The minimum absolute atomic E-state index is 0.184. The molecule has 0 aliphatic carbocycles. The summed E-state index contributed by atoms with van der Waals surface area (Å²) in [6.07, 6.45) is 1.92. The first-order chi connectivity index (χ1) is 9.06. The number of carbonyl (C=O) groups is 1. The first-order valence-electron chi connectivity index (χ1n) is 5.98. The summed E-state index contributed by atoms with van der Waals surface area (Å²) in [5.74, 6) is -1.03. The van der Waals surface area contributed by atoms with Gasteiger partial charge in [-0.1, -0.05) is 29.5 Å². The fourth-order valence-electron chi connectivity index (χ4n) is 1.78. The van der Waals surface area contributed by atoms with E-state index < -0.39 is 12.0 Å². The van der Waals surface area contributed by atoms with Crippen molar-refractivity contribution in [3.8, 4) is 0 Å². The Morgan fingerprint density at radius 1 is 1.47 bits per heavy atom. The molecule has 0 aliphatic heterocycles. The molecule has 0 radical (unpaired) electrons. The second kappa shape index (κ2) is 5.62. The molecular weight excluding hydrogens is 244 g/mol. The zero-order chi connectivity index (χ0) is 13.8. The third kappa shape index (κ3) is 3.38. The van der Waals surface area contributed by atoms with Gasteiger partial charge in [0.15, 0.2) is 0 Å². The van der Waals surface area contributed by atoms with Crippen LogP contribution in [0.5, 0.6) is 0 Å². The van der Waals surface area contributed by atoms with Gasteiger partial charge in [0, 0.05) is 12.6 Å². The zero-order valence-electron chi connectivity index (χ0n) is 10.7. The molecule has 1 aromatic carbocycles. The smallest absolute Gasteiger partial charge is 0.320 e. The average molecular weight is 260 g/mol. The molecule has 0 amide bonds. The standard InChI is InChI=1S/C13H16N4O2/c1-9-4-2-3-5-10(9)7-17-8-11(15-16-17)6-12(14)13(18)19/h2-5,8,12H,6-7,14H2,1H3,(H,18,19). The highest BCUT2D eigenvalue weighted by Gasteiger charge is 2.14. The van der Waals surface area contributed by atoms with Crippen LogP contribution in [0.2, 0.25) is 0 Å². The van der Waals surface area contributed by atoms with Crippen molar-refractivity contribution in [3.63, 3.8) is 0 Å². The minimum Gasteiger partial charge on any atom is -0.480 e. The number of rotatable bonds is 5. The largest absolute Gasteiger partial charge is 0.480 e. The van der Waals surface area contributed by atoms with Crippen molar-refractivity contribution in [1.82, 2.24) is 15.0 Å². The van der Waals surface area contributed by atoms with Gasteiger partial charge in [-0.15, -0.1) is 5.10 Å². The maximum Gasteiger partial charge on any atom is 0.320 e. The molecular formula is C13H16N4O2. The Balaban J connectivity index is 2.06. The SMILES string of the molecule is Cc1ccccc1Cn1cc(CC(N)C(=O)O)nn1. The van der Waals surface area contributed by atoms with Crippen LogP contribution in [0, 0.1) is 6.92 Å². The lowest BCUT2D eigenvalue weighted by atomic mass is 10.1. The number of aromatic nitrogens is 3. The molecule has 0 bridgehead atoms. The molecule has 0 spiro atoms. The number of aryl methyl sites for hydroxylation is 1. The molecule has 1 aromatic heterocycles. The summed E-state index contributed by atoms with van der Waals surface area (Å²) in [6.45, 7) is 2.65. The van der Waals surface area contributed by atoms with E-state index in [1.807, 2.05) is 31.2 Å². The van der Waals surface area contributed by atoms with E-state index in [1.165, 1.54) is 5.56 Å². The Labute approximate surface area is 110 Å². The maximum absolute atomic E-state index is 10.7. The predicted molar refractivity (Wildman–Crippen MR) is 69.6 cm³/mol. The number of aliphatic carboxylic acids is 1. The second-order valence-corrected chi connectivity index (χ2v) is 4.48. The quantitative estimate of drug-likeness (QED) is 0.820. The number of hydrogen-bond acceptors (Lipinski definition) is 4. The summed E-state index contributed by atoms with van der Waals surface area (Å²) in [6, 6.07) is 7.08. The molecule has 2 aromatic rings. The topological polar surface area (TPSA) is 94.0 Å². The van der Waals surface area contributed by atoms with Crippen molar-refractivity contribution < 1.29 is 9.90 Å². The molecule has 3 N–H and O–H groups in total. The third-order valence-corrected chi connectivity index (χ3v) is 2.93. The van der Waals surface area contributed by atoms with Crippen LogP contribution < -0.4 is 5.73 Å². The summed E-state index contributed by atoms with van der Waals surface area (Å²) in [5.41, 5.74) is 8.38. The lowest BCUT2D eigenvalue weighted by Crippen LogP contribution is -2.32. The van der Waals surface area contributed by atoms with Gasteiger partial charge < -0.3 is 10.8 Å². The van der Waals surface area contributed by atoms with Gasteiger partial charge in [0.25, 0.3) is 0 Å². The summed E-state index contributed by atoms with van der Waals surface area (Å²) in [5, 5.41) is 16.7. The number of hydrogen-bond donors (Lipinski definition) is 2. The van der Waals surface area contributed by atoms with Crippen LogP contribution in [0.25, 0.3) is 0 Å². The lowest BCUT2D eigenvalue weighted by molar-refractivity contribution is -0.138. The van der Waals surface area contributed by atoms with Crippen LogP contribution in [0.1, 0.15) is 16.8 Å². The normalized spacial score (nSPS) is 12.3. The van der Waals surface area contributed by atoms with Crippen molar-refractivity contribution in [1.29, 1.82) is 0 Å². The fraction of sp³-hybridized carbons (Fsp3) is 0.308. The van der Waals surface area contributed by atoms with Gasteiger partial charge in [-0.25, -0.2) is 4.68 Å². The van der Waals surface area contributed by atoms with Gasteiger partial charge in [0.1, 0.15) is 6.04 Å². The molecule has 1 atom stereocenters. The molecule has 1 heterocycles. The summed E-state index contributed by atoms with van der Waals surface area (Å²) >= 11 is 0. The second-order valence-electron chi connectivity index (χ2n) is 4.48. The predicted octanol–water partition coefficient (Wildman–Crippen LogP) is 0.589. The molecule has 2 rings (SSSR count). The zero-order valence-corrected chi connectivity index (χ0v) is 10.7. The van der Waals surface area contributed by atoms with Gasteiger partial charge in [-0.05, 0) is 18.1 Å². The lowest BCUT2D eigenvalue weighted by Gasteiger charge is -2.04. The highest BCUT2D eigenvalue weighted by molar-refractivity contribution is 5.73. The van der Waals surface area contributed by atoms with E-state index in [0.717, 1.165) is 5.56 Å². The highest BCUT2D eigenvalue weighted by Crippen LogP contribution is 2.09. The van der Waals surface area contributed by atoms with E-state index >= 15 is 0 Å². The molecule has 0 saturated heterocycles. The van der Waals surface area contributed by atoms with E-state index in [9.17, 15) is 4.79 Å². The van der Waals surface area contributed by atoms with Crippen molar-refractivity contribution in [2.45, 2.75) is 25.9 Å². The Kier molecular flexibility index (Phi) is 3.91. The molecule has 0 fully saturated rings. The molecule has 0 saturated carbocycles. The maximum atomic E-state index is 10.7. The van der Waals surface area contributed by atoms with E-state index in [1.54, 1.807) is 10.9 Å². The highest BCUT2D eigenvalue weighted by atomic mass is 16.4. The molecule has 6 heteroatoms. The minimum atomic E-state index is -1.03. The van der Waals surface area contributed by atoms with Crippen LogP contribution in [-0.2, 0) is 17.8 Å². The van der Waals surface area contributed by atoms with Gasteiger partial charge in [0.05, 0.1) is 12.2 Å². The van der Waals surface area contributed by atoms with Crippen LogP contribution in [0.4, 0.5) is 0 Å². The molecule has 19 heavy (non-hydrogen) atoms. The molecule has 1 unspecified atom stereocenters. The van der Waals surface area contributed by atoms with E-state index in [0.29, 0.717) is 12.2 Å². The summed E-state index contributed by atoms with van der Waals surface area (Å²) in [4.78, 5) is 10.7. The Bertz CT molecular complexity index is 580. The van der Waals surface area contributed by atoms with Crippen LogP contribution >= 0.6 is 0 Å². The number of carboxylic acids is 1. The van der Waals surface area contributed by atoms with Gasteiger partial charge >= 0.3 is 5.97 Å². The Morgan fingerprint density at radius 3 is 2.89 bits per heavy atom. The van der Waals surface area contributed by atoms with Gasteiger partial charge in [0.2, 0.25) is 0 Å². The van der Waals surface area contributed by atoms with Crippen molar-refractivity contribution in [2.75, 3.05) is 0 Å². The van der Waals surface area contributed by atoms with E-state index in [4.69, 9.17) is 10.8 Å².